The highest BCUT2D eigenvalue weighted by atomic mass is 16.5. The lowest BCUT2D eigenvalue weighted by Crippen LogP contribution is -2.30. The van der Waals surface area contributed by atoms with Crippen molar-refractivity contribution in [2.45, 2.75) is 39.5 Å². The molecule has 3 aromatic rings. The van der Waals surface area contributed by atoms with E-state index in [-0.39, 0.29) is 6.04 Å². The third kappa shape index (κ3) is 3.21. The highest BCUT2D eigenvalue weighted by Gasteiger charge is 2.22. The Morgan fingerprint density at radius 3 is 2.86 bits per heavy atom. The number of hydrogen-bond acceptors (Lipinski definition) is 5. The normalized spacial score (nSPS) is 14.0. The minimum absolute atomic E-state index is 0.245. The fourth-order valence-corrected chi connectivity index (χ4v) is 3.25. The molecule has 0 fully saturated rings. The quantitative estimate of drug-likeness (QED) is 0.733. The molecular weight excluding hydrogens is 358 g/mol. The van der Waals surface area contributed by atoms with Crippen LogP contribution in [-0.4, -0.2) is 37.9 Å². The van der Waals surface area contributed by atoms with Gasteiger partial charge in [-0.1, -0.05) is 0 Å². The summed E-state index contributed by atoms with van der Waals surface area (Å²) in [6.07, 6.45) is 3.11. The number of nitrogens with zero attached hydrogens (tertiary/aromatic N) is 4. The van der Waals surface area contributed by atoms with Crippen LogP contribution in [0.25, 0.3) is 22.8 Å². The number of nitrogens with two attached hydrogens (primary N) is 1. The Morgan fingerprint density at radius 1 is 1.29 bits per heavy atom. The van der Waals surface area contributed by atoms with E-state index in [2.05, 4.69) is 23.5 Å². The number of aromatic nitrogens is 4. The molecule has 1 amide bonds. The van der Waals surface area contributed by atoms with Crippen molar-refractivity contribution in [3.05, 3.63) is 36.7 Å². The second kappa shape index (κ2) is 7.03. The summed E-state index contributed by atoms with van der Waals surface area (Å²) in [5, 5.41) is 4.40. The standard InChI is InChI=1S/C20H23N5O3/c1-12(2)25-17(6-7-22-25)16-11-24-8-9-27-18-10-14(28-13(3)19(21)26)4-5-15(18)20(24)23-16/h4-7,10-13H,8-9H2,1-3H3,(H2,21,26)/t13-/m0/s1. The molecule has 0 unspecified atom stereocenters. The first kappa shape index (κ1) is 18.1. The lowest BCUT2D eigenvalue weighted by atomic mass is 10.1. The van der Waals surface area contributed by atoms with Gasteiger partial charge in [0.25, 0.3) is 5.91 Å². The van der Waals surface area contributed by atoms with E-state index in [0.717, 1.165) is 22.8 Å². The maximum Gasteiger partial charge on any atom is 0.258 e. The van der Waals surface area contributed by atoms with Crippen molar-refractivity contribution >= 4 is 5.91 Å². The van der Waals surface area contributed by atoms with Gasteiger partial charge in [-0.2, -0.15) is 5.10 Å². The zero-order valence-corrected chi connectivity index (χ0v) is 16.1. The third-order valence-electron chi connectivity index (χ3n) is 4.70. The molecule has 146 valence electrons. The van der Waals surface area contributed by atoms with Crippen LogP contribution in [0.5, 0.6) is 11.5 Å². The molecule has 1 aliphatic heterocycles. The van der Waals surface area contributed by atoms with Crippen molar-refractivity contribution in [3.63, 3.8) is 0 Å². The second-order valence-corrected chi connectivity index (χ2v) is 7.07. The van der Waals surface area contributed by atoms with Gasteiger partial charge in [0.1, 0.15) is 29.6 Å². The fraction of sp³-hybridized carbons (Fsp3) is 0.350. The number of fused-ring (bicyclic) bond motifs is 3. The first-order chi connectivity index (χ1) is 13.4. The number of primary amides is 1. The summed E-state index contributed by atoms with van der Waals surface area (Å²) in [5.74, 6) is 1.51. The van der Waals surface area contributed by atoms with E-state index < -0.39 is 12.0 Å². The van der Waals surface area contributed by atoms with Gasteiger partial charge in [-0.25, -0.2) is 4.98 Å². The predicted molar refractivity (Wildman–Crippen MR) is 104 cm³/mol. The van der Waals surface area contributed by atoms with Gasteiger partial charge in [-0.05, 0) is 39.0 Å². The summed E-state index contributed by atoms with van der Waals surface area (Å²) in [6.45, 7) is 6.99. The molecule has 3 heterocycles. The summed E-state index contributed by atoms with van der Waals surface area (Å²) in [7, 11) is 0. The second-order valence-electron chi connectivity index (χ2n) is 7.07. The topological polar surface area (TPSA) is 97.2 Å². The van der Waals surface area contributed by atoms with Gasteiger partial charge >= 0.3 is 0 Å². The predicted octanol–water partition coefficient (Wildman–Crippen LogP) is 2.64. The van der Waals surface area contributed by atoms with Crippen LogP contribution in [-0.2, 0) is 11.3 Å². The SMILES string of the molecule is CC(C)n1nccc1-c1cn2c(n1)-c1ccc(O[C@@H](C)C(N)=O)cc1OCC2. The van der Waals surface area contributed by atoms with Crippen LogP contribution in [0.4, 0.5) is 0 Å². The van der Waals surface area contributed by atoms with Crippen LogP contribution >= 0.6 is 0 Å². The lowest BCUT2D eigenvalue weighted by Gasteiger charge is -2.13. The van der Waals surface area contributed by atoms with Crippen molar-refractivity contribution in [1.29, 1.82) is 0 Å². The summed E-state index contributed by atoms with van der Waals surface area (Å²) >= 11 is 0. The van der Waals surface area contributed by atoms with Crippen molar-refractivity contribution < 1.29 is 14.3 Å². The van der Waals surface area contributed by atoms with E-state index in [1.165, 1.54) is 0 Å². The number of amides is 1. The molecule has 2 aromatic heterocycles. The van der Waals surface area contributed by atoms with Gasteiger partial charge < -0.3 is 19.8 Å². The number of imidazole rings is 1. The Hall–Kier alpha value is -3.29. The van der Waals surface area contributed by atoms with E-state index in [1.54, 1.807) is 25.3 Å². The van der Waals surface area contributed by atoms with Gasteiger partial charge in [-0.3, -0.25) is 9.48 Å². The number of carbonyl (C=O) groups is 1. The van der Waals surface area contributed by atoms with E-state index >= 15 is 0 Å². The molecule has 1 atom stereocenters. The largest absolute Gasteiger partial charge is 0.491 e. The Bertz CT molecular complexity index is 1020. The van der Waals surface area contributed by atoms with Crippen molar-refractivity contribution in [2.24, 2.45) is 5.73 Å². The van der Waals surface area contributed by atoms with Crippen LogP contribution in [0.2, 0.25) is 0 Å². The molecule has 8 nitrogen and oxygen atoms in total. The van der Waals surface area contributed by atoms with Crippen molar-refractivity contribution in [3.8, 4) is 34.3 Å². The minimum atomic E-state index is -0.714. The van der Waals surface area contributed by atoms with Crippen LogP contribution in [0.15, 0.2) is 36.7 Å². The first-order valence-electron chi connectivity index (χ1n) is 9.28. The molecule has 8 heteroatoms. The first-order valence-corrected chi connectivity index (χ1v) is 9.28. The number of hydrogen-bond donors (Lipinski definition) is 1. The number of carbonyl (C=O) groups excluding carboxylic acids is 1. The summed E-state index contributed by atoms with van der Waals surface area (Å²) in [4.78, 5) is 16.1. The smallest absolute Gasteiger partial charge is 0.258 e. The molecule has 0 radical (unpaired) electrons. The molecule has 1 aromatic carbocycles. The van der Waals surface area contributed by atoms with E-state index in [0.29, 0.717) is 24.7 Å². The summed E-state index contributed by atoms with van der Waals surface area (Å²) in [6, 6.07) is 7.68. The van der Waals surface area contributed by atoms with Gasteiger partial charge in [0, 0.05) is 24.5 Å². The lowest BCUT2D eigenvalue weighted by molar-refractivity contribution is -0.123. The Labute approximate surface area is 162 Å². The molecule has 4 rings (SSSR count). The molecule has 0 spiro atoms. The zero-order chi connectivity index (χ0) is 19.8. The Balaban J connectivity index is 1.72. The van der Waals surface area contributed by atoms with Gasteiger partial charge in [-0.15, -0.1) is 0 Å². The molecule has 1 aliphatic rings. The third-order valence-corrected chi connectivity index (χ3v) is 4.70. The average molecular weight is 381 g/mol. The monoisotopic (exact) mass is 381 g/mol. The molecule has 0 saturated carbocycles. The van der Waals surface area contributed by atoms with E-state index in [1.807, 2.05) is 23.0 Å². The van der Waals surface area contributed by atoms with E-state index in [9.17, 15) is 4.79 Å². The molecule has 28 heavy (non-hydrogen) atoms. The molecular formula is C20H23N5O3. The molecule has 0 aliphatic carbocycles. The maximum atomic E-state index is 11.2. The van der Waals surface area contributed by atoms with Crippen LogP contribution < -0.4 is 15.2 Å². The Kier molecular flexibility index (Phi) is 4.54. The number of benzene rings is 1. The fourth-order valence-electron chi connectivity index (χ4n) is 3.25. The number of rotatable bonds is 5. The molecule has 2 N–H and O–H groups in total. The van der Waals surface area contributed by atoms with Crippen molar-refractivity contribution in [2.75, 3.05) is 6.61 Å². The highest BCUT2D eigenvalue weighted by molar-refractivity contribution is 5.79. The van der Waals surface area contributed by atoms with E-state index in [4.69, 9.17) is 20.2 Å². The van der Waals surface area contributed by atoms with Gasteiger partial charge in [0.2, 0.25) is 0 Å². The summed E-state index contributed by atoms with van der Waals surface area (Å²) < 4.78 is 15.5. The number of ether oxygens (including phenoxy) is 2. The van der Waals surface area contributed by atoms with Crippen molar-refractivity contribution in [1.82, 2.24) is 19.3 Å². The Morgan fingerprint density at radius 2 is 2.11 bits per heavy atom. The van der Waals surface area contributed by atoms with Crippen LogP contribution in [0.3, 0.4) is 0 Å². The average Bonchev–Trinajstić information content (AvgIpc) is 3.26. The van der Waals surface area contributed by atoms with Gasteiger partial charge in [0.05, 0.1) is 17.8 Å². The van der Waals surface area contributed by atoms with Crippen LogP contribution in [0, 0.1) is 0 Å². The molecule has 0 saturated heterocycles. The molecule has 0 bridgehead atoms. The maximum absolute atomic E-state index is 11.2. The summed E-state index contributed by atoms with van der Waals surface area (Å²) in [5.41, 5.74) is 8.00. The van der Waals surface area contributed by atoms with Crippen LogP contribution in [0.1, 0.15) is 26.8 Å². The van der Waals surface area contributed by atoms with Gasteiger partial charge in [0.15, 0.2) is 6.10 Å². The highest BCUT2D eigenvalue weighted by Crippen LogP contribution is 2.36. The zero-order valence-electron chi connectivity index (χ0n) is 16.1. The minimum Gasteiger partial charge on any atom is -0.491 e.